The van der Waals surface area contributed by atoms with Crippen LogP contribution < -0.4 is 16.0 Å². The quantitative estimate of drug-likeness (QED) is 0.268. The maximum atomic E-state index is 12.0. The van der Waals surface area contributed by atoms with Gasteiger partial charge in [-0.25, -0.2) is 0 Å². The van der Waals surface area contributed by atoms with Gasteiger partial charge in [-0.05, 0) is 63.4 Å². The molecule has 0 radical (unpaired) electrons. The fourth-order valence-corrected chi connectivity index (χ4v) is 3.66. The molecule has 2 rings (SSSR count). The molecule has 1 heterocycles. The van der Waals surface area contributed by atoms with Gasteiger partial charge in [-0.2, -0.15) is 0 Å². The van der Waals surface area contributed by atoms with Gasteiger partial charge in [0, 0.05) is 37.8 Å². The van der Waals surface area contributed by atoms with E-state index in [1.165, 1.54) is 32.4 Å². The first-order chi connectivity index (χ1) is 13.8. The normalized spacial score (nSPS) is 15.5. The second kappa shape index (κ2) is 13.1. The van der Waals surface area contributed by atoms with Crippen LogP contribution in [0.4, 0.5) is 5.69 Å². The third kappa shape index (κ3) is 9.20. The Morgan fingerprint density at radius 3 is 2.50 bits per heavy atom. The van der Waals surface area contributed by atoms with Gasteiger partial charge in [0.05, 0.1) is 0 Å². The Labute approximate surface area is 199 Å². The van der Waals surface area contributed by atoms with Crippen molar-refractivity contribution in [3.63, 3.8) is 0 Å². The van der Waals surface area contributed by atoms with E-state index in [0.29, 0.717) is 18.9 Å². The highest BCUT2D eigenvalue weighted by molar-refractivity contribution is 14.0. The van der Waals surface area contributed by atoms with E-state index >= 15 is 0 Å². The number of carbonyl (C=O) groups is 1. The van der Waals surface area contributed by atoms with Gasteiger partial charge in [-0.15, -0.1) is 24.0 Å². The maximum Gasteiger partial charge on any atom is 0.224 e. The van der Waals surface area contributed by atoms with Crippen LogP contribution in [0.5, 0.6) is 0 Å². The molecule has 170 valence electrons. The van der Waals surface area contributed by atoms with Crippen LogP contribution in [0.2, 0.25) is 0 Å². The molecule has 1 aliphatic heterocycles. The van der Waals surface area contributed by atoms with Gasteiger partial charge >= 0.3 is 0 Å². The number of hydrogen-bond acceptors (Lipinski definition) is 3. The topological polar surface area (TPSA) is 68.8 Å². The molecule has 1 aromatic carbocycles. The third-order valence-corrected chi connectivity index (χ3v) is 5.39. The molecule has 3 N–H and O–H groups in total. The summed E-state index contributed by atoms with van der Waals surface area (Å²) in [5.74, 6) is 1.20. The van der Waals surface area contributed by atoms with Crippen molar-refractivity contribution in [3.8, 4) is 0 Å². The van der Waals surface area contributed by atoms with Crippen LogP contribution >= 0.6 is 24.0 Å². The molecule has 0 saturated carbocycles. The summed E-state index contributed by atoms with van der Waals surface area (Å²) >= 11 is 0. The Hall–Kier alpha value is -1.35. The predicted octanol–water partition coefficient (Wildman–Crippen LogP) is 4.22. The lowest BCUT2D eigenvalue weighted by molar-refractivity contribution is -0.116. The lowest BCUT2D eigenvalue weighted by Crippen LogP contribution is -2.54. The zero-order chi connectivity index (χ0) is 21.3. The van der Waals surface area contributed by atoms with Crippen LogP contribution in [0.15, 0.2) is 29.3 Å². The van der Waals surface area contributed by atoms with E-state index in [-0.39, 0.29) is 35.4 Å². The molecule has 0 aliphatic carbocycles. The molecule has 0 spiro atoms. The van der Waals surface area contributed by atoms with E-state index in [0.717, 1.165) is 23.8 Å². The molecule has 1 amide bonds. The molecule has 0 bridgehead atoms. The van der Waals surface area contributed by atoms with Crippen LogP contribution in [-0.4, -0.2) is 49.0 Å². The Morgan fingerprint density at radius 2 is 1.87 bits per heavy atom. The smallest absolute Gasteiger partial charge is 0.224 e. The van der Waals surface area contributed by atoms with Crippen LogP contribution in [-0.2, 0) is 11.3 Å². The number of hydrogen-bond donors (Lipinski definition) is 3. The van der Waals surface area contributed by atoms with E-state index in [1.807, 2.05) is 32.0 Å². The molecule has 30 heavy (non-hydrogen) atoms. The molecule has 1 fully saturated rings. The largest absolute Gasteiger partial charge is 0.355 e. The van der Waals surface area contributed by atoms with Gasteiger partial charge in [0.1, 0.15) is 0 Å². The van der Waals surface area contributed by atoms with Crippen LogP contribution in [0.25, 0.3) is 0 Å². The number of carbonyl (C=O) groups excluding carboxylic acids is 1. The summed E-state index contributed by atoms with van der Waals surface area (Å²) in [5, 5.41) is 9.83. The minimum absolute atomic E-state index is 0. The van der Waals surface area contributed by atoms with Gasteiger partial charge in [0.15, 0.2) is 5.96 Å². The molecule has 7 heteroatoms. The Bertz CT molecular complexity index is 684. The van der Waals surface area contributed by atoms with Gasteiger partial charge in [-0.3, -0.25) is 14.7 Å². The van der Waals surface area contributed by atoms with E-state index in [2.05, 4.69) is 45.8 Å². The second-order valence-electron chi connectivity index (χ2n) is 8.99. The fraction of sp³-hybridized carbons (Fsp3) is 0.652. The standard InChI is InChI=1S/C23H39N5O.HI/c1-18(2)14-21(29)27-20-11-9-10-19(15-20)16-25-22(24-5)26-17-23(3,4)28-12-7-6-8-13-28;/h9-11,15,18H,6-8,12-14,16-17H2,1-5H3,(H,27,29)(H2,24,25,26);1H. The SMILES string of the molecule is CN=C(NCc1cccc(NC(=O)CC(C)C)c1)NCC(C)(C)N1CCCCC1.I. The Morgan fingerprint density at radius 1 is 1.17 bits per heavy atom. The zero-order valence-electron chi connectivity index (χ0n) is 19.3. The molecule has 1 aliphatic rings. The summed E-state index contributed by atoms with van der Waals surface area (Å²) in [6.45, 7) is 12.5. The first-order valence-corrected chi connectivity index (χ1v) is 10.9. The van der Waals surface area contributed by atoms with Crippen LogP contribution in [0.1, 0.15) is 58.9 Å². The average molecular weight is 530 g/mol. The number of likely N-dealkylation sites (tertiary alicyclic amines) is 1. The first kappa shape index (κ1) is 26.7. The molecule has 1 aromatic rings. The summed E-state index contributed by atoms with van der Waals surface area (Å²) in [7, 11) is 1.80. The van der Waals surface area contributed by atoms with Gasteiger partial charge in [0.25, 0.3) is 0 Å². The first-order valence-electron chi connectivity index (χ1n) is 10.9. The number of guanidine groups is 1. The number of halogens is 1. The van der Waals surface area contributed by atoms with Gasteiger partial charge in [0.2, 0.25) is 5.91 Å². The van der Waals surface area contributed by atoms with Crippen LogP contribution in [0.3, 0.4) is 0 Å². The summed E-state index contributed by atoms with van der Waals surface area (Å²) in [5.41, 5.74) is 2.04. The number of piperidine rings is 1. The Kier molecular flexibility index (Phi) is 11.7. The summed E-state index contributed by atoms with van der Waals surface area (Å²) < 4.78 is 0. The highest BCUT2D eigenvalue weighted by Crippen LogP contribution is 2.19. The van der Waals surface area contributed by atoms with E-state index in [4.69, 9.17) is 0 Å². The summed E-state index contributed by atoms with van der Waals surface area (Å²) in [6, 6.07) is 7.96. The molecule has 0 atom stereocenters. The fourth-order valence-electron chi connectivity index (χ4n) is 3.66. The van der Waals surface area contributed by atoms with Crippen molar-refractivity contribution >= 4 is 41.5 Å². The zero-order valence-corrected chi connectivity index (χ0v) is 21.6. The number of nitrogens with zero attached hydrogens (tertiary/aromatic N) is 2. The lowest BCUT2D eigenvalue weighted by atomic mass is 9.98. The van der Waals surface area contributed by atoms with Gasteiger partial charge in [-0.1, -0.05) is 32.4 Å². The van der Waals surface area contributed by atoms with Gasteiger partial charge < -0.3 is 16.0 Å². The molecular formula is C23H40IN5O. The van der Waals surface area contributed by atoms with Crippen molar-refractivity contribution in [3.05, 3.63) is 29.8 Å². The molecule has 0 unspecified atom stereocenters. The average Bonchev–Trinajstić information content (AvgIpc) is 2.68. The van der Waals surface area contributed by atoms with Crippen molar-refractivity contribution in [2.75, 3.05) is 32.0 Å². The third-order valence-electron chi connectivity index (χ3n) is 5.39. The highest BCUT2D eigenvalue weighted by Gasteiger charge is 2.27. The van der Waals surface area contributed by atoms with E-state index in [1.54, 1.807) is 7.05 Å². The minimum Gasteiger partial charge on any atom is -0.355 e. The molecule has 6 nitrogen and oxygen atoms in total. The number of amides is 1. The lowest BCUT2D eigenvalue weighted by Gasteiger charge is -2.41. The van der Waals surface area contributed by atoms with Crippen molar-refractivity contribution in [2.24, 2.45) is 10.9 Å². The summed E-state index contributed by atoms with van der Waals surface area (Å²) in [6.07, 6.45) is 4.47. The number of aliphatic imine (C=N–C) groups is 1. The number of rotatable bonds is 8. The number of benzene rings is 1. The van der Waals surface area contributed by atoms with Crippen molar-refractivity contribution in [1.82, 2.24) is 15.5 Å². The highest BCUT2D eigenvalue weighted by atomic mass is 127. The molecule has 1 saturated heterocycles. The second-order valence-corrected chi connectivity index (χ2v) is 8.99. The van der Waals surface area contributed by atoms with Crippen molar-refractivity contribution < 1.29 is 4.79 Å². The molecule has 0 aromatic heterocycles. The maximum absolute atomic E-state index is 12.0. The predicted molar refractivity (Wildman–Crippen MR) is 138 cm³/mol. The van der Waals surface area contributed by atoms with Crippen LogP contribution in [0, 0.1) is 5.92 Å². The number of nitrogens with one attached hydrogen (secondary N) is 3. The molecular weight excluding hydrogens is 489 g/mol. The number of anilines is 1. The summed E-state index contributed by atoms with van der Waals surface area (Å²) in [4.78, 5) is 18.9. The Balaban J connectivity index is 0.00000450. The van der Waals surface area contributed by atoms with Crippen molar-refractivity contribution in [1.29, 1.82) is 0 Å². The van der Waals surface area contributed by atoms with E-state index in [9.17, 15) is 4.79 Å². The van der Waals surface area contributed by atoms with E-state index < -0.39 is 0 Å². The minimum atomic E-state index is 0. The van der Waals surface area contributed by atoms with Crippen molar-refractivity contribution in [2.45, 2.75) is 65.5 Å². The monoisotopic (exact) mass is 529 g/mol.